The van der Waals surface area contributed by atoms with Crippen molar-refractivity contribution in [2.75, 3.05) is 68.1 Å². The van der Waals surface area contributed by atoms with Gasteiger partial charge in [-0.25, -0.2) is 9.97 Å². The molecule has 0 radical (unpaired) electrons. The second-order valence-electron chi connectivity index (χ2n) is 11.1. The molecule has 2 aromatic rings. The second-order valence-corrected chi connectivity index (χ2v) is 12.1. The summed E-state index contributed by atoms with van der Waals surface area (Å²) in [5, 5.41) is 13.0. The number of nitrogens with one attached hydrogen (secondary N) is 1. The summed E-state index contributed by atoms with van der Waals surface area (Å²) < 4.78 is 6.32. The van der Waals surface area contributed by atoms with Crippen molar-refractivity contribution in [3.63, 3.8) is 0 Å². The van der Waals surface area contributed by atoms with Crippen LogP contribution in [0.2, 0.25) is 0 Å². The summed E-state index contributed by atoms with van der Waals surface area (Å²) in [5.41, 5.74) is 4.43. The number of anilines is 3. The van der Waals surface area contributed by atoms with Crippen LogP contribution in [0.15, 0.2) is 18.5 Å². The van der Waals surface area contributed by atoms with Gasteiger partial charge in [-0.3, -0.25) is 9.69 Å². The Morgan fingerprint density at radius 2 is 1.97 bits per heavy atom. The van der Waals surface area contributed by atoms with Crippen molar-refractivity contribution in [3.05, 3.63) is 35.2 Å². The molecular weight excluding hydrogens is 500 g/mol. The third-order valence-electron chi connectivity index (χ3n) is 8.60. The minimum absolute atomic E-state index is 0.210. The summed E-state index contributed by atoms with van der Waals surface area (Å²) in [5.74, 6) is 4.61. The Kier molecular flexibility index (Phi) is 7.37. The number of thioether (sulfide) groups is 1. The first kappa shape index (κ1) is 25.7. The van der Waals surface area contributed by atoms with E-state index < -0.39 is 0 Å². The number of aliphatic hydroxyl groups excluding tert-OH is 1. The molecule has 0 aliphatic carbocycles. The maximum absolute atomic E-state index is 12.3. The average molecular weight is 539 g/mol. The minimum atomic E-state index is 0.210. The van der Waals surface area contributed by atoms with Gasteiger partial charge in [0, 0.05) is 56.9 Å². The number of hydrogen-bond acceptors (Lipinski definition) is 9. The van der Waals surface area contributed by atoms with E-state index in [1.54, 1.807) is 18.1 Å². The summed E-state index contributed by atoms with van der Waals surface area (Å²) in [7, 11) is 0. The van der Waals surface area contributed by atoms with Gasteiger partial charge in [0.15, 0.2) is 0 Å². The number of rotatable bonds is 7. The van der Waals surface area contributed by atoms with Crippen molar-refractivity contribution in [1.29, 1.82) is 0 Å². The maximum atomic E-state index is 12.3. The first-order chi connectivity index (χ1) is 18.5. The van der Waals surface area contributed by atoms with Gasteiger partial charge in [0.2, 0.25) is 5.91 Å². The van der Waals surface area contributed by atoms with Crippen molar-refractivity contribution < 1.29 is 14.6 Å². The normalized spacial score (nSPS) is 20.5. The number of ether oxygens (including phenoxy) is 1. The van der Waals surface area contributed by atoms with E-state index in [1.807, 2.05) is 4.90 Å². The zero-order valence-electron chi connectivity index (χ0n) is 22.4. The van der Waals surface area contributed by atoms with Gasteiger partial charge in [-0.2, -0.15) is 11.8 Å². The standard InChI is InChI=1S/C28H38N6O3S/c1-18-9-21(20-3-6-32(7-4-20)22-13-33(14-22)25(36)5-8-38-2)10-24-26(18)37-16-23-27(31-24)29-17-30-28(23)34-11-19(12-34)15-35/h9-10,17,19-20,22,35H,3-8,11-16H2,1-2H3,(H,29,30,31). The van der Waals surface area contributed by atoms with Gasteiger partial charge in [0.1, 0.15) is 30.3 Å². The van der Waals surface area contributed by atoms with Gasteiger partial charge in [-0.15, -0.1) is 0 Å². The molecule has 38 heavy (non-hydrogen) atoms. The Morgan fingerprint density at radius 1 is 1.18 bits per heavy atom. The monoisotopic (exact) mass is 538 g/mol. The van der Waals surface area contributed by atoms with Crippen molar-refractivity contribution in [2.45, 2.75) is 44.8 Å². The molecule has 4 aliphatic heterocycles. The van der Waals surface area contributed by atoms with E-state index in [1.165, 1.54) is 5.56 Å². The SMILES string of the molecule is CSCCC(=O)N1CC(N2CCC(c3cc(C)c4c(c3)Nc3ncnc(N5CC(CO)C5)c3CO4)CC2)C1. The number of fused-ring (bicyclic) bond motifs is 2. The van der Waals surface area contributed by atoms with Crippen LogP contribution in [0.3, 0.4) is 0 Å². The molecule has 10 heteroatoms. The van der Waals surface area contributed by atoms with E-state index in [2.05, 4.69) is 50.4 Å². The lowest BCUT2D eigenvalue weighted by Gasteiger charge is -2.47. The second kappa shape index (κ2) is 10.9. The number of aliphatic hydroxyl groups is 1. The highest BCUT2D eigenvalue weighted by molar-refractivity contribution is 7.98. The number of aryl methyl sites for hydroxylation is 1. The molecule has 5 heterocycles. The number of carbonyl (C=O) groups is 1. The van der Waals surface area contributed by atoms with Gasteiger partial charge in [-0.1, -0.05) is 6.07 Å². The van der Waals surface area contributed by atoms with E-state index in [4.69, 9.17) is 4.74 Å². The van der Waals surface area contributed by atoms with Crippen molar-refractivity contribution in [1.82, 2.24) is 19.8 Å². The number of aromatic nitrogens is 2. The predicted octanol–water partition coefficient (Wildman–Crippen LogP) is 2.99. The summed E-state index contributed by atoms with van der Waals surface area (Å²) in [6, 6.07) is 5.06. The lowest BCUT2D eigenvalue weighted by molar-refractivity contribution is -0.138. The minimum Gasteiger partial charge on any atom is -0.486 e. The Balaban J connectivity index is 1.10. The first-order valence-electron chi connectivity index (χ1n) is 13.8. The molecule has 4 aliphatic rings. The van der Waals surface area contributed by atoms with Crippen LogP contribution >= 0.6 is 11.8 Å². The number of hydrogen-bond donors (Lipinski definition) is 2. The molecule has 1 aromatic heterocycles. The van der Waals surface area contributed by atoms with Gasteiger partial charge in [0.05, 0.1) is 11.3 Å². The highest BCUT2D eigenvalue weighted by atomic mass is 32.2. The molecule has 3 saturated heterocycles. The topological polar surface area (TPSA) is 94.1 Å². The molecule has 0 unspecified atom stereocenters. The number of amides is 1. The summed E-state index contributed by atoms with van der Waals surface area (Å²) in [6.45, 7) is 8.30. The van der Waals surface area contributed by atoms with Crippen LogP contribution in [0, 0.1) is 12.8 Å². The molecule has 0 saturated carbocycles. The highest BCUT2D eigenvalue weighted by Gasteiger charge is 2.36. The molecule has 6 rings (SSSR count). The van der Waals surface area contributed by atoms with E-state index in [9.17, 15) is 9.90 Å². The van der Waals surface area contributed by atoms with Crippen LogP contribution in [-0.4, -0.2) is 94.7 Å². The molecule has 1 aromatic carbocycles. The molecular formula is C28H38N6O3S. The summed E-state index contributed by atoms with van der Waals surface area (Å²) in [6.07, 6.45) is 6.57. The lowest BCUT2D eigenvalue weighted by Crippen LogP contribution is -2.62. The van der Waals surface area contributed by atoms with Crippen LogP contribution < -0.4 is 15.0 Å². The molecule has 1 amide bonds. The van der Waals surface area contributed by atoms with Gasteiger partial charge < -0.3 is 25.0 Å². The van der Waals surface area contributed by atoms with Crippen LogP contribution in [0.1, 0.15) is 41.9 Å². The third-order valence-corrected chi connectivity index (χ3v) is 9.21. The Bertz CT molecular complexity index is 1180. The average Bonchev–Trinajstić information content (AvgIpc) is 3.06. The Hall–Kier alpha value is -2.56. The Morgan fingerprint density at radius 3 is 2.71 bits per heavy atom. The van der Waals surface area contributed by atoms with Crippen LogP contribution in [0.4, 0.5) is 17.3 Å². The smallest absolute Gasteiger partial charge is 0.223 e. The van der Waals surface area contributed by atoms with Crippen LogP contribution in [-0.2, 0) is 11.4 Å². The van der Waals surface area contributed by atoms with Gasteiger partial charge >= 0.3 is 0 Å². The first-order valence-corrected chi connectivity index (χ1v) is 15.2. The fourth-order valence-electron chi connectivity index (χ4n) is 6.20. The zero-order valence-corrected chi connectivity index (χ0v) is 23.2. The number of likely N-dealkylation sites (tertiary alicyclic amines) is 2. The predicted molar refractivity (Wildman–Crippen MR) is 151 cm³/mol. The molecule has 3 fully saturated rings. The van der Waals surface area contributed by atoms with Crippen molar-refractivity contribution in [3.8, 4) is 5.75 Å². The number of nitrogens with zero attached hydrogens (tertiary/aromatic N) is 5. The maximum Gasteiger partial charge on any atom is 0.223 e. The Labute approximate surface area is 228 Å². The number of carbonyl (C=O) groups excluding carboxylic acids is 1. The van der Waals surface area contributed by atoms with Crippen LogP contribution in [0.5, 0.6) is 5.75 Å². The summed E-state index contributed by atoms with van der Waals surface area (Å²) >= 11 is 1.74. The summed E-state index contributed by atoms with van der Waals surface area (Å²) in [4.78, 5) is 28.2. The van der Waals surface area contributed by atoms with Gasteiger partial charge in [0.25, 0.3) is 0 Å². The fraction of sp³-hybridized carbons (Fsp3) is 0.607. The fourth-order valence-corrected chi connectivity index (χ4v) is 6.58. The number of benzene rings is 1. The van der Waals surface area contributed by atoms with E-state index >= 15 is 0 Å². The molecule has 2 N–H and O–H groups in total. The molecule has 0 atom stereocenters. The highest BCUT2D eigenvalue weighted by Crippen LogP contribution is 2.42. The van der Waals surface area contributed by atoms with E-state index in [0.717, 1.165) is 92.1 Å². The van der Waals surface area contributed by atoms with Crippen LogP contribution in [0.25, 0.3) is 0 Å². The van der Waals surface area contributed by atoms with Crippen molar-refractivity contribution in [2.24, 2.45) is 5.92 Å². The van der Waals surface area contributed by atoms with Gasteiger partial charge in [-0.05, 0) is 62.2 Å². The molecule has 0 spiro atoms. The number of piperidine rings is 1. The van der Waals surface area contributed by atoms with E-state index in [-0.39, 0.29) is 6.61 Å². The molecule has 204 valence electrons. The lowest BCUT2D eigenvalue weighted by atomic mass is 9.87. The third kappa shape index (κ3) is 4.94. The zero-order chi connectivity index (χ0) is 26.2. The van der Waals surface area contributed by atoms with E-state index in [0.29, 0.717) is 36.8 Å². The molecule has 0 bridgehead atoms. The largest absolute Gasteiger partial charge is 0.486 e. The van der Waals surface area contributed by atoms with Crippen molar-refractivity contribution >= 4 is 35.0 Å². The quantitative estimate of drug-likeness (QED) is 0.552. The molecule has 9 nitrogen and oxygen atoms in total.